The lowest BCUT2D eigenvalue weighted by Crippen LogP contribution is -2.47. The summed E-state index contributed by atoms with van der Waals surface area (Å²) in [6.45, 7) is 5.52. The van der Waals surface area contributed by atoms with Crippen LogP contribution in [0.4, 0.5) is 0 Å². The first-order chi connectivity index (χ1) is 14.7. The van der Waals surface area contributed by atoms with Crippen molar-refractivity contribution < 1.29 is 9.53 Å². The van der Waals surface area contributed by atoms with Gasteiger partial charge in [-0.25, -0.2) is 0 Å². The Kier molecular flexibility index (Phi) is 7.39. The number of nitrogens with zero attached hydrogens (tertiary/aromatic N) is 2. The summed E-state index contributed by atoms with van der Waals surface area (Å²) in [5.74, 6) is 0.128. The molecule has 0 radical (unpaired) electrons. The molecule has 0 saturated carbocycles. The average Bonchev–Trinajstić information content (AvgIpc) is 3.23. The lowest BCUT2D eigenvalue weighted by Gasteiger charge is -2.35. The zero-order valence-corrected chi connectivity index (χ0v) is 18.1. The zero-order valence-electron chi connectivity index (χ0n) is 17.3. The Balaban J connectivity index is 1.41. The number of ether oxygens (including phenoxy) is 1. The van der Waals surface area contributed by atoms with E-state index in [4.69, 9.17) is 16.3 Å². The van der Waals surface area contributed by atoms with E-state index >= 15 is 0 Å². The van der Waals surface area contributed by atoms with Gasteiger partial charge in [-0.1, -0.05) is 54.1 Å². The molecule has 2 atom stereocenters. The molecule has 0 aliphatic carbocycles. The van der Waals surface area contributed by atoms with Gasteiger partial charge in [0.1, 0.15) is 0 Å². The lowest BCUT2D eigenvalue weighted by atomic mass is 10.0. The maximum Gasteiger partial charge on any atom is 0.237 e. The molecule has 2 unspecified atom stereocenters. The first-order valence-electron chi connectivity index (χ1n) is 10.8. The minimum atomic E-state index is -0.0603. The van der Waals surface area contributed by atoms with Gasteiger partial charge in [0.05, 0.1) is 25.3 Å². The molecule has 30 heavy (non-hydrogen) atoms. The second kappa shape index (κ2) is 10.4. The summed E-state index contributed by atoms with van der Waals surface area (Å²) in [5.41, 5.74) is 2.39. The fraction of sp³-hybridized carbons (Fsp3) is 0.458. The molecule has 5 nitrogen and oxygen atoms in total. The minimum absolute atomic E-state index is 0.0603. The number of hydrogen-bond donors (Lipinski definition) is 1. The van der Waals surface area contributed by atoms with Crippen molar-refractivity contribution in [3.8, 4) is 0 Å². The number of hydrogen-bond acceptors (Lipinski definition) is 4. The number of carbonyl (C=O) groups excluding carboxylic acids is 1. The molecule has 1 N–H and O–H groups in total. The van der Waals surface area contributed by atoms with Crippen molar-refractivity contribution in [1.82, 2.24) is 15.1 Å². The largest absolute Gasteiger partial charge is 0.379 e. The highest BCUT2D eigenvalue weighted by Crippen LogP contribution is 2.25. The zero-order chi connectivity index (χ0) is 20.8. The van der Waals surface area contributed by atoms with Crippen molar-refractivity contribution in [2.75, 3.05) is 39.4 Å². The van der Waals surface area contributed by atoms with Crippen LogP contribution in [-0.4, -0.2) is 61.1 Å². The number of carbonyl (C=O) groups is 1. The number of nitrogens with one attached hydrogen (secondary N) is 1. The van der Waals surface area contributed by atoms with Gasteiger partial charge in [-0.05, 0) is 42.6 Å². The van der Waals surface area contributed by atoms with Crippen LogP contribution < -0.4 is 5.32 Å². The number of benzene rings is 2. The monoisotopic (exact) mass is 427 g/mol. The van der Waals surface area contributed by atoms with Crippen LogP contribution in [0.2, 0.25) is 5.02 Å². The molecule has 0 aromatic heterocycles. The van der Waals surface area contributed by atoms with Gasteiger partial charge in [-0.15, -0.1) is 0 Å². The first-order valence-corrected chi connectivity index (χ1v) is 11.2. The summed E-state index contributed by atoms with van der Waals surface area (Å²) < 4.78 is 5.53. The number of likely N-dealkylation sites (tertiary alicyclic amines) is 1. The van der Waals surface area contributed by atoms with Crippen molar-refractivity contribution >= 4 is 17.5 Å². The molecule has 2 fully saturated rings. The molecule has 2 aliphatic heterocycles. The van der Waals surface area contributed by atoms with E-state index in [1.807, 2.05) is 24.3 Å². The molecule has 1 amide bonds. The van der Waals surface area contributed by atoms with Crippen LogP contribution in [0.25, 0.3) is 0 Å². The predicted octanol–water partition coefficient (Wildman–Crippen LogP) is 3.49. The molecule has 0 bridgehead atoms. The maximum atomic E-state index is 13.1. The predicted molar refractivity (Wildman–Crippen MR) is 119 cm³/mol. The van der Waals surface area contributed by atoms with Crippen LogP contribution >= 0.6 is 11.6 Å². The van der Waals surface area contributed by atoms with E-state index in [0.29, 0.717) is 6.54 Å². The van der Waals surface area contributed by atoms with Crippen molar-refractivity contribution in [2.24, 2.45) is 0 Å². The van der Waals surface area contributed by atoms with Crippen LogP contribution in [0.15, 0.2) is 54.6 Å². The summed E-state index contributed by atoms with van der Waals surface area (Å²) in [6.07, 6.45) is 1.98. The maximum absolute atomic E-state index is 13.1. The third-order valence-corrected chi connectivity index (χ3v) is 6.32. The summed E-state index contributed by atoms with van der Waals surface area (Å²) in [4.78, 5) is 17.8. The normalized spacial score (nSPS) is 21.4. The van der Waals surface area contributed by atoms with Crippen molar-refractivity contribution in [1.29, 1.82) is 0 Å². The molecule has 2 saturated heterocycles. The molecule has 0 spiro atoms. The topological polar surface area (TPSA) is 44.8 Å². The van der Waals surface area contributed by atoms with Crippen LogP contribution in [0.1, 0.15) is 30.0 Å². The number of amides is 1. The number of morpholine rings is 1. The Labute approximate surface area is 184 Å². The Bertz CT molecular complexity index is 826. The van der Waals surface area contributed by atoms with Gasteiger partial charge in [0, 0.05) is 31.2 Å². The van der Waals surface area contributed by atoms with Gasteiger partial charge in [-0.2, -0.15) is 0 Å². The van der Waals surface area contributed by atoms with Crippen LogP contribution in [0.5, 0.6) is 0 Å². The molecule has 2 aromatic rings. The summed E-state index contributed by atoms with van der Waals surface area (Å²) in [7, 11) is 0. The van der Waals surface area contributed by atoms with E-state index in [1.54, 1.807) is 0 Å². The second-order valence-electron chi connectivity index (χ2n) is 8.08. The molecular weight excluding hydrogens is 398 g/mol. The highest BCUT2D eigenvalue weighted by atomic mass is 35.5. The Morgan fingerprint density at radius 3 is 2.67 bits per heavy atom. The van der Waals surface area contributed by atoms with Crippen LogP contribution in [-0.2, 0) is 16.1 Å². The SMILES string of the molecule is O=C(NCC(c1cccc(Cl)c1)N1CCOCC1)C1CCCN1Cc1ccccc1. The third kappa shape index (κ3) is 5.41. The summed E-state index contributed by atoms with van der Waals surface area (Å²) in [6, 6.07) is 18.4. The van der Waals surface area contributed by atoms with Crippen molar-refractivity contribution in [3.05, 3.63) is 70.7 Å². The fourth-order valence-corrected chi connectivity index (χ4v) is 4.70. The van der Waals surface area contributed by atoms with Gasteiger partial charge in [0.2, 0.25) is 5.91 Å². The van der Waals surface area contributed by atoms with Gasteiger partial charge in [0.15, 0.2) is 0 Å². The van der Waals surface area contributed by atoms with E-state index in [2.05, 4.69) is 45.4 Å². The number of halogens is 1. The molecule has 2 heterocycles. The molecule has 160 valence electrons. The Morgan fingerprint density at radius 1 is 1.10 bits per heavy atom. The highest BCUT2D eigenvalue weighted by molar-refractivity contribution is 6.30. The van der Waals surface area contributed by atoms with Gasteiger partial charge in [-0.3, -0.25) is 14.6 Å². The summed E-state index contributed by atoms with van der Waals surface area (Å²) >= 11 is 6.25. The van der Waals surface area contributed by atoms with Gasteiger partial charge in [0.25, 0.3) is 0 Å². The fourth-order valence-electron chi connectivity index (χ4n) is 4.51. The molecule has 2 aliphatic rings. The lowest BCUT2D eigenvalue weighted by molar-refractivity contribution is -0.126. The second-order valence-corrected chi connectivity index (χ2v) is 8.51. The third-order valence-electron chi connectivity index (χ3n) is 6.08. The van der Waals surface area contributed by atoms with Crippen LogP contribution in [0, 0.1) is 0 Å². The number of rotatable bonds is 7. The molecule has 2 aromatic carbocycles. The first kappa shape index (κ1) is 21.3. The highest BCUT2D eigenvalue weighted by Gasteiger charge is 2.31. The van der Waals surface area contributed by atoms with E-state index in [1.165, 1.54) is 5.56 Å². The molecular formula is C24H30ClN3O2. The smallest absolute Gasteiger partial charge is 0.237 e. The van der Waals surface area contributed by atoms with E-state index in [-0.39, 0.29) is 18.0 Å². The quantitative estimate of drug-likeness (QED) is 0.734. The standard InChI is InChI=1S/C24H30ClN3O2/c25-21-9-4-8-20(16-21)23(27-12-14-30-15-13-27)17-26-24(29)22-10-5-11-28(22)18-19-6-2-1-3-7-19/h1-4,6-9,16,22-23H,5,10-15,17-18H2,(H,26,29). The molecule has 4 rings (SSSR count). The summed E-state index contributed by atoms with van der Waals surface area (Å²) in [5, 5.41) is 3.97. The van der Waals surface area contributed by atoms with E-state index in [9.17, 15) is 4.79 Å². The Hall–Kier alpha value is -1.92. The van der Waals surface area contributed by atoms with E-state index < -0.39 is 0 Å². The van der Waals surface area contributed by atoms with E-state index in [0.717, 1.165) is 62.8 Å². The molecule has 6 heteroatoms. The average molecular weight is 428 g/mol. The minimum Gasteiger partial charge on any atom is -0.379 e. The van der Waals surface area contributed by atoms with Gasteiger partial charge < -0.3 is 10.1 Å². The van der Waals surface area contributed by atoms with Gasteiger partial charge >= 0.3 is 0 Å². The Morgan fingerprint density at radius 2 is 1.90 bits per heavy atom. The van der Waals surface area contributed by atoms with Crippen LogP contribution in [0.3, 0.4) is 0 Å². The van der Waals surface area contributed by atoms with Crippen molar-refractivity contribution in [3.63, 3.8) is 0 Å². The van der Waals surface area contributed by atoms with Crippen molar-refractivity contribution in [2.45, 2.75) is 31.5 Å².